The lowest BCUT2D eigenvalue weighted by molar-refractivity contribution is -0.384. The molecule has 0 radical (unpaired) electrons. The van der Waals surface area contributed by atoms with Gasteiger partial charge in [0.2, 0.25) is 5.91 Å². The quantitative estimate of drug-likeness (QED) is 0.641. The van der Waals surface area contributed by atoms with Gasteiger partial charge in [0.15, 0.2) is 0 Å². The summed E-state index contributed by atoms with van der Waals surface area (Å²) in [6, 6.07) is 5.43. The van der Waals surface area contributed by atoms with Gasteiger partial charge in [-0.1, -0.05) is 32.9 Å². The van der Waals surface area contributed by atoms with E-state index in [1.807, 2.05) is 26.8 Å². The third-order valence-corrected chi connectivity index (χ3v) is 4.39. The molecule has 0 bridgehead atoms. The molecule has 0 aromatic heterocycles. The van der Waals surface area contributed by atoms with E-state index in [-0.39, 0.29) is 28.5 Å². The van der Waals surface area contributed by atoms with Crippen LogP contribution in [0.5, 0.6) is 0 Å². The van der Waals surface area contributed by atoms with Crippen molar-refractivity contribution in [3.8, 4) is 0 Å². The third-order valence-electron chi connectivity index (χ3n) is 4.39. The number of nitrogens with zero attached hydrogens (tertiary/aromatic N) is 2. The molecule has 7 heteroatoms. The number of nitro benzene ring substituents is 1. The fourth-order valence-electron chi connectivity index (χ4n) is 3.08. The van der Waals surface area contributed by atoms with Crippen molar-refractivity contribution in [2.45, 2.75) is 20.8 Å². The molecule has 0 spiro atoms. The summed E-state index contributed by atoms with van der Waals surface area (Å²) in [5.41, 5.74) is 1.82. The number of hydrogen-bond acceptors (Lipinski definition) is 4. The molecule has 0 fully saturated rings. The highest BCUT2D eigenvalue weighted by Gasteiger charge is 2.32. The van der Waals surface area contributed by atoms with Crippen LogP contribution < -0.4 is 5.32 Å². The van der Waals surface area contributed by atoms with Crippen molar-refractivity contribution in [3.63, 3.8) is 0 Å². The summed E-state index contributed by atoms with van der Waals surface area (Å²) in [4.78, 5) is 38.7. The third kappa shape index (κ3) is 3.92. The summed E-state index contributed by atoms with van der Waals surface area (Å²) < 4.78 is 0. The number of rotatable bonds is 2. The second kappa shape index (κ2) is 6.75. The van der Waals surface area contributed by atoms with Gasteiger partial charge in [-0.15, -0.1) is 0 Å². The zero-order chi connectivity index (χ0) is 19.8. The monoisotopic (exact) mass is 365 g/mol. The van der Waals surface area contributed by atoms with Crippen LogP contribution in [0.1, 0.15) is 31.1 Å². The molecule has 3 rings (SSSR count). The average Bonchev–Trinajstić information content (AvgIpc) is 2.60. The molecule has 1 aromatic carbocycles. The minimum atomic E-state index is -0.581. The zero-order valence-corrected chi connectivity index (χ0v) is 15.2. The molecular weight excluding hydrogens is 346 g/mol. The van der Waals surface area contributed by atoms with Crippen LogP contribution in [0, 0.1) is 21.4 Å². The van der Waals surface area contributed by atoms with Crippen molar-refractivity contribution in [2.24, 2.45) is 16.3 Å². The molecule has 1 aliphatic carbocycles. The fraction of sp³-hybridized carbons (Fsp3) is 0.250. The molecule has 7 nitrogen and oxygen atoms in total. The van der Waals surface area contributed by atoms with Crippen molar-refractivity contribution in [1.82, 2.24) is 5.32 Å². The van der Waals surface area contributed by atoms with Gasteiger partial charge in [-0.2, -0.15) is 0 Å². The van der Waals surface area contributed by atoms with Gasteiger partial charge in [0.25, 0.3) is 11.6 Å². The Bertz CT molecular complexity index is 962. The van der Waals surface area contributed by atoms with Crippen molar-refractivity contribution >= 4 is 23.2 Å². The number of carbonyl (C=O) groups is 2. The summed E-state index contributed by atoms with van der Waals surface area (Å²) in [5.74, 6) is -0.862. The first-order chi connectivity index (χ1) is 12.6. The largest absolute Gasteiger partial charge is 0.325 e. The summed E-state index contributed by atoms with van der Waals surface area (Å²) in [7, 11) is 0. The Morgan fingerprint density at radius 3 is 2.67 bits per heavy atom. The number of benzene rings is 1. The maximum absolute atomic E-state index is 12.4. The Hall–Kier alpha value is -3.35. The summed E-state index contributed by atoms with van der Waals surface area (Å²) in [6.07, 6.45) is 6.89. The summed E-state index contributed by atoms with van der Waals surface area (Å²) >= 11 is 0. The number of allylic oxidation sites excluding steroid dienone is 3. The second-order valence-electron chi connectivity index (χ2n) is 7.42. The molecule has 1 N–H and O–H groups in total. The fourth-order valence-corrected chi connectivity index (χ4v) is 3.08. The first-order valence-electron chi connectivity index (χ1n) is 8.45. The molecule has 1 atom stereocenters. The molecule has 1 aromatic rings. The van der Waals surface area contributed by atoms with Crippen LogP contribution >= 0.6 is 0 Å². The van der Waals surface area contributed by atoms with Crippen LogP contribution in [0.2, 0.25) is 0 Å². The molecule has 138 valence electrons. The summed E-state index contributed by atoms with van der Waals surface area (Å²) in [6.45, 7) is 6.12. The number of carbonyl (C=O) groups excluding carboxylic acids is 2. The molecule has 1 unspecified atom stereocenters. The minimum absolute atomic E-state index is 0.0745. The molecule has 2 amide bonds. The molecule has 1 heterocycles. The van der Waals surface area contributed by atoms with Gasteiger partial charge in [0.1, 0.15) is 0 Å². The number of amides is 2. The highest BCUT2D eigenvalue weighted by atomic mass is 16.6. The van der Waals surface area contributed by atoms with E-state index in [1.165, 1.54) is 24.3 Å². The molecule has 1 aliphatic heterocycles. The van der Waals surface area contributed by atoms with E-state index in [0.29, 0.717) is 11.4 Å². The van der Waals surface area contributed by atoms with Crippen molar-refractivity contribution in [2.75, 3.05) is 0 Å². The highest BCUT2D eigenvalue weighted by molar-refractivity contribution is 6.14. The Kier molecular flexibility index (Phi) is 4.61. The number of non-ortho nitro benzene ring substituents is 1. The van der Waals surface area contributed by atoms with Crippen LogP contribution in [-0.2, 0) is 4.79 Å². The standard InChI is InChI=1S/C20H19N3O4/c1-20(2,3)16-11-18(24)22-17-10-13(7-8-15(16)17)21-19(25)12-5-4-6-14(9-12)23(26)27/h4-11,15H,1-3H3,(H,22,24). The van der Waals surface area contributed by atoms with Gasteiger partial charge >= 0.3 is 0 Å². The molecule has 27 heavy (non-hydrogen) atoms. The van der Waals surface area contributed by atoms with E-state index < -0.39 is 10.8 Å². The van der Waals surface area contributed by atoms with E-state index in [2.05, 4.69) is 10.3 Å². The van der Waals surface area contributed by atoms with Gasteiger partial charge in [-0.3, -0.25) is 19.7 Å². The normalized spacial score (nSPS) is 20.5. The molecule has 2 aliphatic rings. The lowest BCUT2D eigenvalue weighted by Gasteiger charge is -2.34. The number of aliphatic imine (C=N–C) groups is 1. The van der Waals surface area contributed by atoms with Gasteiger partial charge < -0.3 is 5.32 Å². The lowest BCUT2D eigenvalue weighted by atomic mass is 9.74. The Morgan fingerprint density at radius 1 is 1.26 bits per heavy atom. The van der Waals surface area contributed by atoms with Gasteiger partial charge in [-0.05, 0) is 29.2 Å². The minimum Gasteiger partial charge on any atom is -0.325 e. The number of hydrogen-bond donors (Lipinski definition) is 1. The average molecular weight is 365 g/mol. The van der Waals surface area contributed by atoms with Gasteiger partial charge in [0.05, 0.1) is 10.6 Å². The Balaban J connectivity index is 1.90. The number of nitrogens with one attached hydrogen (secondary N) is 1. The van der Waals surface area contributed by atoms with E-state index >= 15 is 0 Å². The Morgan fingerprint density at radius 2 is 2.00 bits per heavy atom. The molecule has 0 saturated heterocycles. The van der Waals surface area contributed by atoms with Gasteiger partial charge in [-0.25, -0.2) is 4.99 Å². The van der Waals surface area contributed by atoms with Crippen molar-refractivity contribution < 1.29 is 14.5 Å². The van der Waals surface area contributed by atoms with Gasteiger partial charge in [0, 0.05) is 35.4 Å². The molecular formula is C20H19N3O4. The van der Waals surface area contributed by atoms with Crippen molar-refractivity contribution in [3.05, 3.63) is 75.5 Å². The summed E-state index contributed by atoms with van der Waals surface area (Å²) in [5, 5.41) is 13.7. The van der Waals surface area contributed by atoms with E-state index in [0.717, 1.165) is 5.57 Å². The van der Waals surface area contributed by atoms with Crippen LogP contribution in [0.25, 0.3) is 0 Å². The van der Waals surface area contributed by atoms with E-state index in [1.54, 1.807) is 18.2 Å². The van der Waals surface area contributed by atoms with Crippen LogP contribution in [0.4, 0.5) is 5.69 Å². The van der Waals surface area contributed by atoms with E-state index in [9.17, 15) is 19.7 Å². The first kappa shape index (κ1) is 18.4. The lowest BCUT2D eigenvalue weighted by Crippen LogP contribution is -2.36. The van der Waals surface area contributed by atoms with Crippen LogP contribution in [0.15, 0.2) is 64.8 Å². The number of fused-ring (bicyclic) bond motifs is 1. The van der Waals surface area contributed by atoms with E-state index in [4.69, 9.17) is 0 Å². The smallest absolute Gasteiger partial charge is 0.277 e. The van der Waals surface area contributed by atoms with Crippen molar-refractivity contribution in [1.29, 1.82) is 0 Å². The highest BCUT2D eigenvalue weighted by Crippen LogP contribution is 2.38. The van der Waals surface area contributed by atoms with Crippen LogP contribution in [0.3, 0.4) is 0 Å². The Labute approximate surface area is 156 Å². The maximum atomic E-state index is 12.4. The number of nitro groups is 1. The zero-order valence-electron chi connectivity index (χ0n) is 15.2. The topological polar surface area (TPSA) is 102 Å². The first-order valence-corrected chi connectivity index (χ1v) is 8.45. The maximum Gasteiger partial charge on any atom is 0.277 e. The second-order valence-corrected chi connectivity index (χ2v) is 7.42. The predicted molar refractivity (Wildman–Crippen MR) is 101 cm³/mol. The SMILES string of the molecule is CC(C)(C)C1=CC(=O)NC2=CC(=NC(=O)c3cccc([N+](=O)[O-])c3)C=CC21. The molecule has 0 saturated carbocycles. The predicted octanol–water partition coefficient (Wildman–Crippen LogP) is 3.35. The van der Waals surface area contributed by atoms with Crippen LogP contribution in [-0.4, -0.2) is 22.4 Å².